The summed E-state index contributed by atoms with van der Waals surface area (Å²) in [5.41, 5.74) is 0.717. The second-order valence-electron chi connectivity index (χ2n) is 3.06. The molecule has 0 atom stereocenters. The Labute approximate surface area is 93.4 Å². The molecule has 0 spiro atoms. The number of rotatable bonds is 4. The maximum absolute atomic E-state index is 11.0. The van der Waals surface area contributed by atoms with Crippen LogP contribution in [0.4, 0.5) is 5.69 Å². The molecule has 0 saturated heterocycles. The van der Waals surface area contributed by atoms with E-state index >= 15 is 0 Å². The Hall–Kier alpha value is -2.04. The van der Waals surface area contributed by atoms with Gasteiger partial charge in [-0.05, 0) is 12.1 Å². The Kier molecular flexibility index (Phi) is 3.88. The molecule has 1 rings (SSSR count). The summed E-state index contributed by atoms with van der Waals surface area (Å²) in [5, 5.41) is 2.57. The SMILES string of the molecule is COc1ccc(C=O)c(OC)c1NC(C)=O. The Morgan fingerprint density at radius 1 is 1.31 bits per heavy atom. The monoisotopic (exact) mass is 223 g/mol. The van der Waals surface area contributed by atoms with Gasteiger partial charge >= 0.3 is 0 Å². The average molecular weight is 223 g/mol. The topological polar surface area (TPSA) is 64.6 Å². The second kappa shape index (κ2) is 5.16. The predicted octanol–water partition coefficient (Wildman–Crippen LogP) is 1.47. The third kappa shape index (κ3) is 2.31. The Morgan fingerprint density at radius 2 is 2.00 bits per heavy atom. The molecule has 0 unspecified atom stereocenters. The largest absolute Gasteiger partial charge is 0.494 e. The number of benzene rings is 1. The number of hydrogen-bond donors (Lipinski definition) is 1. The number of methoxy groups -OCH3 is 2. The van der Waals surface area contributed by atoms with Crippen molar-refractivity contribution in [3.05, 3.63) is 17.7 Å². The molecule has 16 heavy (non-hydrogen) atoms. The molecule has 1 N–H and O–H groups in total. The fourth-order valence-corrected chi connectivity index (χ4v) is 1.36. The van der Waals surface area contributed by atoms with Crippen molar-refractivity contribution >= 4 is 17.9 Å². The van der Waals surface area contributed by atoms with E-state index in [0.29, 0.717) is 29.0 Å². The van der Waals surface area contributed by atoms with E-state index in [9.17, 15) is 9.59 Å². The minimum atomic E-state index is -0.264. The van der Waals surface area contributed by atoms with Crippen LogP contribution in [0.15, 0.2) is 12.1 Å². The van der Waals surface area contributed by atoms with E-state index in [0.717, 1.165) is 0 Å². The number of aldehydes is 1. The molecule has 0 fully saturated rings. The van der Waals surface area contributed by atoms with E-state index < -0.39 is 0 Å². The van der Waals surface area contributed by atoms with Crippen molar-refractivity contribution in [2.45, 2.75) is 6.92 Å². The summed E-state index contributed by atoms with van der Waals surface area (Å²) in [6.45, 7) is 1.37. The van der Waals surface area contributed by atoms with Crippen LogP contribution in [0.2, 0.25) is 0 Å². The first-order valence-corrected chi connectivity index (χ1v) is 4.61. The van der Waals surface area contributed by atoms with Gasteiger partial charge in [-0.15, -0.1) is 0 Å². The van der Waals surface area contributed by atoms with Gasteiger partial charge in [-0.25, -0.2) is 0 Å². The van der Waals surface area contributed by atoms with Gasteiger partial charge in [-0.1, -0.05) is 0 Å². The molecule has 0 aliphatic heterocycles. The van der Waals surface area contributed by atoms with E-state index in [1.165, 1.54) is 21.1 Å². The number of carbonyl (C=O) groups is 2. The van der Waals surface area contributed by atoms with Crippen LogP contribution in [0.25, 0.3) is 0 Å². The quantitative estimate of drug-likeness (QED) is 0.785. The highest BCUT2D eigenvalue weighted by molar-refractivity contribution is 5.95. The lowest BCUT2D eigenvalue weighted by Crippen LogP contribution is -2.09. The molecule has 1 amide bonds. The zero-order valence-electron chi connectivity index (χ0n) is 9.37. The van der Waals surface area contributed by atoms with Crippen molar-refractivity contribution in [3.63, 3.8) is 0 Å². The first kappa shape index (κ1) is 12.0. The molecule has 0 radical (unpaired) electrons. The molecule has 0 heterocycles. The Morgan fingerprint density at radius 3 is 2.44 bits per heavy atom. The first-order valence-electron chi connectivity index (χ1n) is 4.61. The van der Waals surface area contributed by atoms with Gasteiger partial charge in [-0.2, -0.15) is 0 Å². The fourth-order valence-electron chi connectivity index (χ4n) is 1.36. The van der Waals surface area contributed by atoms with Crippen molar-refractivity contribution in [1.82, 2.24) is 0 Å². The van der Waals surface area contributed by atoms with Gasteiger partial charge in [0.25, 0.3) is 0 Å². The van der Waals surface area contributed by atoms with E-state index in [-0.39, 0.29) is 5.91 Å². The fraction of sp³-hybridized carbons (Fsp3) is 0.273. The van der Waals surface area contributed by atoms with Crippen LogP contribution >= 0.6 is 0 Å². The molecular weight excluding hydrogens is 210 g/mol. The van der Waals surface area contributed by atoms with Gasteiger partial charge in [0.05, 0.1) is 19.8 Å². The highest BCUT2D eigenvalue weighted by Gasteiger charge is 2.15. The molecule has 0 aromatic heterocycles. The van der Waals surface area contributed by atoms with E-state index in [4.69, 9.17) is 9.47 Å². The van der Waals surface area contributed by atoms with E-state index in [2.05, 4.69) is 5.32 Å². The normalized spacial score (nSPS) is 9.44. The van der Waals surface area contributed by atoms with Crippen LogP contribution in [0.1, 0.15) is 17.3 Å². The predicted molar refractivity (Wildman–Crippen MR) is 59.2 cm³/mol. The van der Waals surface area contributed by atoms with Crippen molar-refractivity contribution in [2.75, 3.05) is 19.5 Å². The van der Waals surface area contributed by atoms with Crippen LogP contribution < -0.4 is 14.8 Å². The van der Waals surface area contributed by atoms with Crippen molar-refractivity contribution < 1.29 is 19.1 Å². The third-order valence-electron chi connectivity index (χ3n) is 2.00. The standard InChI is InChI=1S/C11H13NO4/c1-7(14)12-10-9(15-2)5-4-8(6-13)11(10)16-3/h4-6H,1-3H3,(H,12,14). The van der Waals surface area contributed by atoms with Gasteiger partial charge in [0, 0.05) is 6.92 Å². The zero-order valence-corrected chi connectivity index (χ0v) is 9.37. The van der Waals surface area contributed by atoms with Crippen LogP contribution in [-0.4, -0.2) is 26.4 Å². The van der Waals surface area contributed by atoms with E-state index in [1.54, 1.807) is 12.1 Å². The van der Waals surface area contributed by atoms with Crippen molar-refractivity contribution in [2.24, 2.45) is 0 Å². The van der Waals surface area contributed by atoms with Gasteiger partial charge in [-0.3, -0.25) is 9.59 Å². The molecule has 1 aromatic carbocycles. The van der Waals surface area contributed by atoms with Gasteiger partial charge in [0.2, 0.25) is 5.91 Å². The lowest BCUT2D eigenvalue weighted by Gasteiger charge is -2.14. The zero-order chi connectivity index (χ0) is 12.1. The maximum Gasteiger partial charge on any atom is 0.221 e. The third-order valence-corrected chi connectivity index (χ3v) is 2.00. The van der Waals surface area contributed by atoms with Crippen molar-refractivity contribution in [1.29, 1.82) is 0 Å². The number of anilines is 1. The second-order valence-corrected chi connectivity index (χ2v) is 3.06. The minimum absolute atomic E-state index is 0.264. The number of hydrogen-bond acceptors (Lipinski definition) is 4. The van der Waals surface area contributed by atoms with Crippen LogP contribution in [0.5, 0.6) is 11.5 Å². The average Bonchev–Trinajstić information content (AvgIpc) is 2.27. The molecule has 0 aliphatic carbocycles. The minimum Gasteiger partial charge on any atom is -0.494 e. The molecule has 5 heteroatoms. The lowest BCUT2D eigenvalue weighted by molar-refractivity contribution is -0.114. The highest BCUT2D eigenvalue weighted by Crippen LogP contribution is 2.36. The van der Waals surface area contributed by atoms with Crippen molar-refractivity contribution in [3.8, 4) is 11.5 Å². The Bertz CT molecular complexity index is 415. The summed E-state index contributed by atoms with van der Waals surface area (Å²) < 4.78 is 10.2. The van der Waals surface area contributed by atoms with Crippen LogP contribution in [0.3, 0.4) is 0 Å². The highest BCUT2D eigenvalue weighted by atomic mass is 16.5. The van der Waals surface area contributed by atoms with Crippen LogP contribution in [0, 0.1) is 0 Å². The summed E-state index contributed by atoms with van der Waals surface area (Å²) in [6, 6.07) is 3.16. The van der Waals surface area contributed by atoms with Gasteiger partial charge in [0.15, 0.2) is 12.0 Å². The molecule has 5 nitrogen and oxygen atoms in total. The summed E-state index contributed by atoms with van der Waals surface area (Å²) >= 11 is 0. The molecule has 86 valence electrons. The van der Waals surface area contributed by atoms with Gasteiger partial charge < -0.3 is 14.8 Å². The number of nitrogens with one attached hydrogen (secondary N) is 1. The molecule has 0 aliphatic rings. The smallest absolute Gasteiger partial charge is 0.221 e. The molecule has 0 bridgehead atoms. The van der Waals surface area contributed by atoms with E-state index in [1.807, 2.05) is 0 Å². The number of amides is 1. The summed E-state index contributed by atoms with van der Waals surface area (Å²) in [5.74, 6) is 0.474. The summed E-state index contributed by atoms with van der Waals surface area (Å²) in [4.78, 5) is 21.8. The molecular formula is C11H13NO4. The summed E-state index contributed by atoms with van der Waals surface area (Å²) in [6.07, 6.45) is 0.656. The molecule has 0 saturated carbocycles. The number of ether oxygens (including phenoxy) is 2. The maximum atomic E-state index is 11.0. The summed E-state index contributed by atoms with van der Waals surface area (Å²) in [7, 11) is 2.90. The lowest BCUT2D eigenvalue weighted by atomic mass is 10.1. The Balaban J connectivity index is 3.35. The molecule has 1 aromatic rings. The number of carbonyl (C=O) groups excluding carboxylic acids is 2. The van der Waals surface area contributed by atoms with Gasteiger partial charge in [0.1, 0.15) is 11.4 Å². The van der Waals surface area contributed by atoms with Crippen LogP contribution in [-0.2, 0) is 4.79 Å². The first-order chi connectivity index (χ1) is 7.63.